The Balaban J connectivity index is 1.94. The van der Waals surface area contributed by atoms with Crippen molar-refractivity contribution in [3.05, 3.63) is 59.9 Å². The first-order valence-electron chi connectivity index (χ1n) is 8.77. The average Bonchev–Trinajstić information content (AvgIpc) is 3.08. The molecule has 0 bridgehead atoms. The van der Waals surface area contributed by atoms with E-state index in [1.807, 2.05) is 18.2 Å². The summed E-state index contributed by atoms with van der Waals surface area (Å²) in [7, 11) is 0. The molecule has 0 unspecified atom stereocenters. The number of likely N-dealkylation sites (N-methyl/N-ethyl adjacent to an activating group) is 1. The second kappa shape index (κ2) is 8.38. The summed E-state index contributed by atoms with van der Waals surface area (Å²) in [6.45, 7) is 7.36. The Kier molecular flexibility index (Phi) is 5.96. The van der Waals surface area contributed by atoms with Crippen molar-refractivity contribution in [3.63, 3.8) is 0 Å². The van der Waals surface area contributed by atoms with Gasteiger partial charge in [0, 0.05) is 18.7 Å². The predicted octanol–water partition coefficient (Wildman–Crippen LogP) is 4.42. The molecule has 136 valence electrons. The Labute approximate surface area is 156 Å². The maximum atomic E-state index is 13.5. The molecule has 0 N–H and O–H groups in total. The molecule has 0 aliphatic carbocycles. The van der Waals surface area contributed by atoms with E-state index in [0.29, 0.717) is 22.8 Å². The lowest BCUT2D eigenvalue weighted by Crippen LogP contribution is -2.38. The van der Waals surface area contributed by atoms with Crippen molar-refractivity contribution in [3.8, 4) is 0 Å². The normalized spacial score (nSPS) is 11.2. The van der Waals surface area contributed by atoms with Crippen molar-refractivity contribution < 1.29 is 9.18 Å². The standard InChI is InChI=1S/C20H22FN3OS/c1-3-23(4-2)12-13-24(19(25)15-8-6-5-7-9-15)20-22-17-11-10-16(21)14-18(17)26-20/h5-11,14H,3-4,12-13H2,1-2H3. The first-order valence-corrected chi connectivity index (χ1v) is 9.59. The predicted molar refractivity (Wildman–Crippen MR) is 105 cm³/mol. The summed E-state index contributed by atoms with van der Waals surface area (Å²) < 4.78 is 14.3. The van der Waals surface area contributed by atoms with Crippen molar-refractivity contribution in [2.24, 2.45) is 0 Å². The number of carbonyl (C=O) groups is 1. The molecule has 0 aliphatic rings. The number of rotatable bonds is 7. The van der Waals surface area contributed by atoms with Gasteiger partial charge >= 0.3 is 0 Å². The summed E-state index contributed by atoms with van der Waals surface area (Å²) >= 11 is 1.34. The van der Waals surface area contributed by atoms with Crippen LogP contribution in [0.5, 0.6) is 0 Å². The number of hydrogen-bond donors (Lipinski definition) is 0. The Bertz CT molecular complexity index is 877. The van der Waals surface area contributed by atoms with Gasteiger partial charge in [0.25, 0.3) is 5.91 Å². The van der Waals surface area contributed by atoms with E-state index >= 15 is 0 Å². The highest BCUT2D eigenvalue weighted by molar-refractivity contribution is 7.22. The van der Waals surface area contributed by atoms with Crippen LogP contribution in [0.25, 0.3) is 10.2 Å². The molecule has 1 aromatic heterocycles. The number of halogens is 1. The Hall–Kier alpha value is -2.31. The number of fused-ring (bicyclic) bond motifs is 1. The van der Waals surface area contributed by atoms with Crippen molar-refractivity contribution in [1.82, 2.24) is 9.88 Å². The highest BCUT2D eigenvalue weighted by atomic mass is 32.1. The smallest absolute Gasteiger partial charge is 0.260 e. The van der Waals surface area contributed by atoms with E-state index in [2.05, 4.69) is 23.7 Å². The molecule has 0 fully saturated rings. The van der Waals surface area contributed by atoms with Gasteiger partial charge in [0.05, 0.1) is 10.2 Å². The fourth-order valence-corrected chi connectivity index (χ4v) is 3.82. The van der Waals surface area contributed by atoms with Crippen LogP contribution in [0.2, 0.25) is 0 Å². The molecule has 3 rings (SSSR count). The number of anilines is 1. The van der Waals surface area contributed by atoms with Gasteiger partial charge in [-0.15, -0.1) is 0 Å². The number of aromatic nitrogens is 1. The molecule has 6 heteroatoms. The van der Waals surface area contributed by atoms with Gasteiger partial charge in [0.2, 0.25) is 0 Å². The van der Waals surface area contributed by atoms with E-state index < -0.39 is 0 Å². The largest absolute Gasteiger partial charge is 0.302 e. The first kappa shape index (κ1) is 18.5. The second-order valence-corrected chi connectivity index (χ2v) is 6.97. The zero-order valence-electron chi connectivity index (χ0n) is 15.0. The minimum atomic E-state index is -0.295. The maximum Gasteiger partial charge on any atom is 0.260 e. The van der Waals surface area contributed by atoms with E-state index in [1.54, 1.807) is 23.1 Å². The molecule has 0 saturated heterocycles. The minimum Gasteiger partial charge on any atom is -0.302 e. The van der Waals surface area contributed by atoms with Gasteiger partial charge in [0.15, 0.2) is 5.13 Å². The van der Waals surface area contributed by atoms with E-state index in [4.69, 9.17) is 0 Å². The molecule has 1 heterocycles. The first-order chi connectivity index (χ1) is 12.6. The van der Waals surface area contributed by atoms with Crippen LogP contribution in [-0.2, 0) is 0 Å². The van der Waals surface area contributed by atoms with Crippen LogP contribution >= 0.6 is 11.3 Å². The summed E-state index contributed by atoms with van der Waals surface area (Å²) in [4.78, 5) is 21.6. The quantitative estimate of drug-likeness (QED) is 0.617. The van der Waals surface area contributed by atoms with E-state index in [-0.39, 0.29) is 11.7 Å². The molecule has 1 amide bonds. The van der Waals surface area contributed by atoms with Crippen molar-refractivity contribution in [2.75, 3.05) is 31.1 Å². The van der Waals surface area contributed by atoms with E-state index in [0.717, 1.165) is 24.3 Å². The number of benzene rings is 2. The molecule has 4 nitrogen and oxygen atoms in total. The van der Waals surface area contributed by atoms with E-state index in [1.165, 1.54) is 23.5 Å². The molecule has 3 aromatic rings. The lowest BCUT2D eigenvalue weighted by atomic mass is 10.2. The Morgan fingerprint density at radius 3 is 2.50 bits per heavy atom. The monoisotopic (exact) mass is 371 g/mol. The summed E-state index contributed by atoms with van der Waals surface area (Å²) in [5, 5.41) is 0.603. The summed E-state index contributed by atoms with van der Waals surface area (Å²) in [6, 6.07) is 13.7. The van der Waals surface area contributed by atoms with Crippen LogP contribution in [0, 0.1) is 5.82 Å². The molecule has 2 aromatic carbocycles. The van der Waals surface area contributed by atoms with Gasteiger partial charge in [0.1, 0.15) is 5.82 Å². The second-order valence-electron chi connectivity index (χ2n) is 5.96. The Morgan fingerprint density at radius 2 is 1.81 bits per heavy atom. The number of carbonyl (C=O) groups excluding carboxylic acids is 1. The van der Waals surface area contributed by atoms with Crippen LogP contribution in [0.3, 0.4) is 0 Å². The van der Waals surface area contributed by atoms with Crippen LogP contribution in [-0.4, -0.2) is 42.0 Å². The summed E-state index contributed by atoms with van der Waals surface area (Å²) in [6.07, 6.45) is 0. The van der Waals surface area contributed by atoms with Gasteiger partial charge in [-0.2, -0.15) is 0 Å². The molecular formula is C20H22FN3OS. The van der Waals surface area contributed by atoms with Gasteiger partial charge in [-0.1, -0.05) is 43.4 Å². The lowest BCUT2D eigenvalue weighted by molar-refractivity contribution is 0.0984. The number of hydrogen-bond acceptors (Lipinski definition) is 4. The average molecular weight is 371 g/mol. The molecule has 0 atom stereocenters. The number of thiazole rings is 1. The molecule has 26 heavy (non-hydrogen) atoms. The Morgan fingerprint density at radius 1 is 1.08 bits per heavy atom. The van der Waals surface area contributed by atoms with Crippen LogP contribution < -0.4 is 4.90 Å². The van der Waals surface area contributed by atoms with Crippen molar-refractivity contribution in [1.29, 1.82) is 0 Å². The lowest BCUT2D eigenvalue weighted by Gasteiger charge is -2.24. The SMILES string of the molecule is CCN(CC)CCN(C(=O)c1ccccc1)c1nc2ccc(F)cc2s1. The zero-order chi connectivity index (χ0) is 18.5. The van der Waals surface area contributed by atoms with Gasteiger partial charge in [-0.25, -0.2) is 9.37 Å². The van der Waals surface area contributed by atoms with Gasteiger partial charge in [-0.05, 0) is 43.4 Å². The molecule has 0 aliphatic heterocycles. The summed E-state index contributed by atoms with van der Waals surface area (Å²) in [5.74, 6) is -0.380. The molecular weight excluding hydrogens is 349 g/mol. The van der Waals surface area contributed by atoms with Crippen LogP contribution in [0.4, 0.5) is 9.52 Å². The highest BCUT2D eigenvalue weighted by Gasteiger charge is 2.21. The summed E-state index contributed by atoms with van der Waals surface area (Å²) in [5.41, 5.74) is 1.33. The maximum absolute atomic E-state index is 13.5. The minimum absolute atomic E-state index is 0.0858. The third kappa shape index (κ3) is 4.08. The third-order valence-electron chi connectivity index (χ3n) is 4.37. The van der Waals surface area contributed by atoms with Gasteiger partial charge in [-0.3, -0.25) is 9.69 Å². The topological polar surface area (TPSA) is 36.4 Å². The molecule has 0 saturated carbocycles. The zero-order valence-corrected chi connectivity index (χ0v) is 15.8. The van der Waals surface area contributed by atoms with Crippen molar-refractivity contribution >= 4 is 32.6 Å². The van der Waals surface area contributed by atoms with E-state index in [9.17, 15) is 9.18 Å². The fraction of sp³-hybridized carbons (Fsp3) is 0.300. The number of nitrogens with zero attached hydrogens (tertiary/aromatic N) is 3. The van der Waals surface area contributed by atoms with Crippen LogP contribution in [0.1, 0.15) is 24.2 Å². The highest BCUT2D eigenvalue weighted by Crippen LogP contribution is 2.30. The fourth-order valence-electron chi connectivity index (χ4n) is 2.80. The molecule has 0 spiro atoms. The third-order valence-corrected chi connectivity index (χ3v) is 5.41. The molecule has 0 radical (unpaired) electrons. The van der Waals surface area contributed by atoms with Gasteiger partial charge < -0.3 is 4.90 Å². The van der Waals surface area contributed by atoms with Crippen LogP contribution in [0.15, 0.2) is 48.5 Å². The number of amides is 1. The van der Waals surface area contributed by atoms with Crippen molar-refractivity contribution in [2.45, 2.75) is 13.8 Å².